The fourth-order valence-electron chi connectivity index (χ4n) is 8.26. The van der Waals surface area contributed by atoms with Gasteiger partial charge in [-0.25, -0.2) is 4.79 Å². The van der Waals surface area contributed by atoms with Crippen LogP contribution in [0.2, 0.25) is 0 Å². The highest BCUT2D eigenvalue weighted by molar-refractivity contribution is 5.93. The van der Waals surface area contributed by atoms with Gasteiger partial charge in [0.15, 0.2) is 0 Å². The molecule has 2 aliphatic rings. The van der Waals surface area contributed by atoms with E-state index in [2.05, 4.69) is 63.1 Å². The van der Waals surface area contributed by atoms with Gasteiger partial charge in [0, 0.05) is 68.4 Å². The zero-order valence-electron chi connectivity index (χ0n) is 36.6. The molecule has 4 aromatic carbocycles. The van der Waals surface area contributed by atoms with Crippen molar-refractivity contribution in [2.24, 2.45) is 0 Å². The monoisotopic (exact) mass is 862 g/mol. The number of phenols is 1. The summed E-state index contributed by atoms with van der Waals surface area (Å²) >= 11 is 0. The minimum atomic E-state index is -0.459. The number of hydrogen-bond donors (Lipinski definition) is 5. The minimum Gasteiger partial charge on any atom is -0.506 e. The highest BCUT2D eigenvalue weighted by Gasteiger charge is 2.24. The summed E-state index contributed by atoms with van der Waals surface area (Å²) in [5, 5.41) is 20.6. The number of aromatic hydroxyl groups is 1. The molecule has 1 fully saturated rings. The molecule has 332 valence electrons. The lowest BCUT2D eigenvalue weighted by Gasteiger charge is -2.31. The van der Waals surface area contributed by atoms with Crippen molar-refractivity contribution in [1.82, 2.24) is 20.5 Å². The molecule has 0 saturated carbocycles. The lowest BCUT2D eigenvalue weighted by atomic mass is 10.0. The number of nitrogens with zero attached hydrogens (tertiary/aromatic N) is 2. The number of ether oxygens (including phenoxy) is 1. The number of aromatic amines is 1. The molecule has 1 atom stereocenters. The Kier molecular flexibility index (Phi) is 15.6. The molecule has 1 aliphatic carbocycles. The Labute approximate surface area is 374 Å². The van der Waals surface area contributed by atoms with Crippen LogP contribution >= 0.6 is 0 Å². The van der Waals surface area contributed by atoms with Crippen LogP contribution in [0.25, 0.3) is 16.5 Å². The predicted molar refractivity (Wildman–Crippen MR) is 254 cm³/mol. The molecule has 0 bridgehead atoms. The van der Waals surface area contributed by atoms with E-state index >= 15 is 0 Å². The first-order valence-electron chi connectivity index (χ1n) is 22.2. The molecule has 7 rings (SSSR count). The zero-order chi connectivity index (χ0) is 44.8. The molecule has 1 aliphatic heterocycles. The van der Waals surface area contributed by atoms with E-state index in [9.17, 15) is 24.3 Å². The molecule has 1 aromatic heterocycles. The van der Waals surface area contributed by atoms with Gasteiger partial charge in [-0.3, -0.25) is 19.7 Å². The first-order chi connectivity index (χ1) is 31.1. The summed E-state index contributed by atoms with van der Waals surface area (Å²) < 4.78 is 5.81. The van der Waals surface area contributed by atoms with Crippen LogP contribution in [-0.2, 0) is 40.1 Å². The minimum absolute atomic E-state index is 0.0152. The number of H-pyrrole nitrogens is 1. The molecule has 0 spiro atoms. The van der Waals surface area contributed by atoms with E-state index in [0.29, 0.717) is 43.6 Å². The fraction of sp³-hybridized carbons (Fsp3) is 0.308. The average molecular weight is 863 g/mol. The molecular weight excluding hydrogens is 805 g/mol. The maximum atomic E-state index is 13.2. The highest BCUT2D eigenvalue weighted by Crippen LogP contribution is 2.28. The smallest absolute Gasteiger partial charge is 0.411 e. The summed E-state index contributed by atoms with van der Waals surface area (Å²) in [6, 6.07) is 30.4. The third kappa shape index (κ3) is 12.7. The molecule has 12 nitrogen and oxygen atoms in total. The van der Waals surface area contributed by atoms with Crippen LogP contribution in [0.4, 0.5) is 16.2 Å². The number of rotatable bonds is 17. The van der Waals surface area contributed by atoms with E-state index in [0.717, 1.165) is 83.4 Å². The van der Waals surface area contributed by atoms with Crippen LogP contribution in [0.1, 0.15) is 60.4 Å². The van der Waals surface area contributed by atoms with Gasteiger partial charge >= 0.3 is 6.09 Å². The second kappa shape index (κ2) is 22.0. The van der Waals surface area contributed by atoms with Gasteiger partial charge in [0.05, 0.1) is 17.6 Å². The molecule has 64 heavy (non-hydrogen) atoms. The van der Waals surface area contributed by atoms with Gasteiger partial charge in [0.1, 0.15) is 11.9 Å². The largest absolute Gasteiger partial charge is 0.506 e. The number of likely N-dealkylation sites (tertiary alicyclic amines) is 1. The normalized spacial score (nSPS) is 14.7. The second-order valence-corrected chi connectivity index (χ2v) is 16.6. The first kappa shape index (κ1) is 45.3. The van der Waals surface area contributed by atoms with Crippen molar-refractivity contribution in [3.05, 3.63) is 166 Å². The van der Waals surface area contributed by atoms with E-state index in [4.69, 9.17) is 4.74 Å². The Hall–Kier alpha value is -6.76. The molecular formula is C52H58N6O6. The number of para-hydroxylation sites is 1. The molecule has 12 heteroatoms. The number of carbonyl (C=O) groups excluding carboxylic acids is 3. The standard InChI is InChI=1S/C52H58N6O6/c1-36(53-28-24-41-18-22-47(59)51-45(41)21-23-48(60)56-51)32-38-10-9-11-39(33-38)34-49(61)54-35-37-16-19-42(20-17-37)57(2)50(62)27-31-58-29-25-43(26-30-58)64-52(63)55-46-15-8-7-14-44(46)40-12-5-3-4-6-13-40/h3,5-23,33,36,43,53,59H,4,24-32,34-35H2,1-2H3,(H,54,61)(H,55,63)(H,56,60)/t36-/m0/s1. The van der Waals surface area contributed by atoms with Crippen molar-refractivity contribution < 1.29 is 24.2 Å². The number of carbonyl (C=O) groups is 3. The van der Waals surface area contributed by atoms with Crippen LogP contribution in [-0.4, -0.2) is 78.3 Å². The molecule has 5 aromatic rings. The first-order valence-corrected chi connectivity index (χ1v) is 22.2. The third-order valence-corrected chi connectivity index (χ3v) is 11.8. The van der Waals surface area contributed by atoms with Crippen molar-refractivity contribution >= 4 is 45.8 Å². The van der Waals surface area contributed by atoms with E-state index in [-0.39, 0.29) is 41.7 Å². The number of piperidine rings is 1. The van der Waals surface area contributed by atoms with Crippen molar-refractivity contribution in [1.29, 1.82) is 0 Å². The van der Waals surface area contributed by atoms with E-state index < -0.39 is 6.09 Å². The number of fused-ring (bicyclic) bond motifs is 1. The van der Waals surface area contributed by atoms with Crippen LogP contribution in [0.3, 0.4) is 0 Å². The number of aromatic nitrogens is 1. The SMILES string of the molecule is C[C@@H](Cc1cccc(CC(=O)NCc2ccc(N(C)C(=O)CCN3CCC(OC(=O)Nc4ccccc4C4=CC=CCC=C4)CC3)cc2)c1)NCCc1ccc(O)c2[nH]c(=O)ccc12. The summed E-state index contributed by atoms with van der Waals surface area (Å²) in [7, 11) is 1.78. The number of allylic oxidation sites excluding steroid dienone is 6. The van der Waals surface area contributed by atoms with E-state index in [1.54, 1.807) is 24.1 Å². The van der Waals surface area contributed by atoms with Crippen LogP contribution in [0, 0.1) is 0 Å². The van der Waals surface area contributed by atoms with Crippen LogP contribution in [0.15, 0.2) is 132 Å². The second-order valence-electron chi connectivity index (χ2n) is 16.6. The number of phenolic OH excluding ortho intramolecular Hbond substituents is 1. The van der Waals surface area contributed by atoms with Crippen molar-refractivity contribution in [2.45, 2.75) is 70.6 Å². The Bertz CT molecular complexity index is 2570. The van der Waals surface area contributed by atoms with Crippen LogP contribution in [0.5, 0.6) is 5.75 Å². The van der Waals surface area contributed by atoms with Gasteiger partial charge in [-0.2, -0.15) is 0 Å². The molecule has 3 amide bonds. The molecule has 2 heterocycles. The predicted octanol–water partition coefficient (Wildman–Crippen LogP) is 7.82. The maximum absolute atomic E-state index is 13.2. The maximum Gasteiger partial charge on any atom is 0.411 e. The Morgan fingerprint density at radius 2 is 1.72 bits per heavy atom. The number of anilines is 2. The van der Waals surface area contributed by atoms with Gasteiger partial charge in [0.2, 0.25) is 17.4 Å². The van der Waals surface area contributed by atoms with Gasteiger partial charge in [-0.05, 0) is 104 Å². The molecule has 1 saturated heterocycles. The Morgan fingerprint density at radius 3 is 2.55 bits per heavy atom. The summed E-state index contributed by atoms with van der Waals surface area (Å²) in [4.78, 5) is 57.4. The van der Waals surface area contributed by atoms with Crippen molar-refractivity contribution in [3.8, 4) is 5.75 Å². The van der Waals surface area contributed by atoms with Gasteiger partial charge in [-0.1, -0.05) is 91.0 Å². The summed E-state index contributed by atoms with van der Waals surface area (Å²) in [5.74, 6) is 0.00642. The van der Waals surface area contributed by atoms with Gasteiger partial charge in [0.25, 0.3) is 0 Å². The average Bonchev–Trinajstić information content (AvgIpc) is 3.59. The number of benzene rings is 4. The topological polar surface area (TPSA) is 156 Å². The fourth-order valence-corrected chi connectivity index (χ4v) is 8.26. The number of pyridine rings is 1. The van der Waals surface area contributed by atoms with Crippen LogP contribution < -0.4 is 26.4 Å². The summed E-state index contributed by atoms with van der Waals surface area (Å²) in [6.45, 7) is 5.35. The van der Waals surface area contributed by atoms with Crippen molar-refractivity contribution in [2.75, 3.05) is 43.4 Å². The van der Waals surface area contributed by atoms with Crippen molar-refractivity contribution in [3.63, 3.8) is 0 Å². The third-order valence-electron chi connectivity index (χ3n) is 11.8. The quantitative estimate of drug-likeness (QED) is 0.0634. The Morgan fingerprint density at radius 1 is 0.922 bits per heavy atom. The molecule has 5 N–H and O–H groups in total. The summed E-state index contributed by atoms with van der Waals surface area (Å²) in [5.41, 5.74) is 7.74. The number of amides is 3. The van der Waals surface area contributed by atoms with Gasteiger partial charge < -0.3 is 35.3 Å². The highest BCUT2D eigenvalue weighted by atomic mass is 16.6. The van der Waals surface area contributed by atoms with Gasteiger partial charge in [-0.15, -0.1) is 0 Å². The number of hydrogen-bond acceptors (Lipinski definition) is 8. The Balaban J connectivity index is 0.783. The lowest BCUT2D eigenvalue weighted by Crippen LogP contribution is -2.40. The number of nitrogens with one attached hydrogen (secondary N) is 4. The zero-order valence-corrected chi connectivity index (χ0v) is 36.6. The van der Waals surface area contributed by atoms with E-state index in [1.807, 2.05) is 78.9 Å². The molecule has 0 unspecified atom stereocenters. The van der Waals surface area contributed by atoms with E-state index in [1.165, 1.54) is 6.07 Å². The lowest BCUT2D eigenvalue weighted by molar-refractivity contribution is -0.120. The molecule has 0 radical (unpaired) electrons. The summed E-state index contributed by atoms with van der Waals surface area (Å²) in [6.07, 6.45) is 14.1.